The molecule has 0 aromatic heterocycles. The van der Waals surface area contributed by atoms with E-state index in [1.165, 1.54) is 193 Å². The highest BCUT2D eigenvalue weighted by Gasteiger charge is 2.38. The van der Waals surface area contributed by atoms with Gasteiger partial charge in [0.2, 0.25) is 23.6 Å². The van der Waals surface area contributed by atoms with Crippen molar-refractivity contribution in [3.8, 4) is 0 Å². The van der Waals surface area contributed by atoms with E-state index in [-0.39, 0.29) is 28.1 Å². The molecule has 3 aromatic carbocycles. The van der Waals surface area contributed by atoms with Crippen molar-refractivity contribution in [3.63, 3.8) is 0 Å². The minimum atomic E-state index is 0.0380. The number of unbranched alkanes of at least 4 members (excludes halogenated alkanes) is 33. The largest absolute Gasteiger partial charge is 0.337 e. The lowest BCUT2D eigenvalue weighted by atomic mass is 10.0. The van der Waals surface area contributed by atoms with Crippen molar-refractivity contribution in [1.29, 1.82) is 0 Å². The molecule has 1 fully saturated rings. The van der Waals surface area contributed by atoms with Crippen LogP contribution in [0.25, 0.3) is 0 Å². The zero-order chi connectivity index (χ0) is 55.6. The fourth-order valence-electron chi connectivity index (χ4n) is 11.5. The summed E-state index contributed by atoms with van der Waals surface area (Å²) in [7, 11) is 0. The lowest BCUT2D eigenvalue weighted by Crippen LogP contribution is -2.45. The standard InChI is InChI=1S/C69H111N5O4/c1-4-7-10-13-16-19-22-25-28-31-34-37-41-66(75)70-60-45-51-63(52-46-60)74(59-58-73-57-40-44-69(73)78,64-53-47-61(48-54-64)71-67(76)42-38-35-32-29-26-23-20-17-14-11-8-5-2)65-55-49-62(50-56-65)72-68(77)43-39-36-33-30-27-24-21-18-15-12-9-6-3/h45-56H,4-44,57-59H2,1-3H3,(H2-,70,71,72,75,76,77)/p+1. The normalized spacial score (nSPS) is 12.6. The maximum absolute atomic E-state index is 13.2. The summed E-state index contributed by atoms with van der Waals surface area (Å²) < 4.78 is 0.289. The summed E-state index contributed by atoms with van der Waals surface area (Å²) in [6.45, 7) is 8.65. The second-order valence-electron chi connectivity index (χ2n) is 23.2. The van der Waals surface area contributed by atoms with Crippen molar-refractivity contribution in [2.24, 2.45) is 0 Å². The van der Waals surface area contributed by atoms with E-state index in [0.29, 0.717) is 38.8 Å². The van der Waals surface area contributed by atoms with Gasteiger partial charge in [-0.25, -0.2) is 4.48 Å². The van der Waals surface area contributed by atoms with Gasteiger partial charge in [-0.2, -0.15) is 0 Å². The number of rotatable bonds is 48. The minimum absolute atomic E-state index is 0.0380. The molecule has 0 bridgehead atoms. The SMILES string of the molecule is CCCCCCCCCCCCCCC(=O)Nc1ccc([N+](CCN2CCCC2=O)(c2ccc(NC(=O)CCCCCCCCCCCCCC)cc2)c2ccc(NC(=O)CCCCCCCCCCCCCC)cc2)cc1. The van der Waals surface area contributed by atoms with Gasteiger partial charge >= 0.3 is 0 Å². The molecule has 0 aliphatic carbocycles. The highest BCUT2D eigenvalue weighted by Crippen LogP contribution is 2.45. The number of carbonyl (C=O) groups is 4. The van der Waals surface area contributed by atoms with Crippen LogP contribution < -0.4 is 20.4 Å². The number of carbonyl (C=O) groups excluding carboxylic acids is 4. The van der Waals surface area contributed by atoms with E-state index >= 15 is 0 Å². The number of nitrogens with zero attached hydrogens (tertiary/aromatic N) is 2. The lowest BCUT2D eigenvalue weighted by molar-refractivity contribution is -0.127. The molecule has 9 heteroatoms. The van der Waals surface area contributed by atoms with Crippen LogP contribution in [0.1, 0.15) is 284 Å². The molecule has 0 unspecified atom stereocenters. The molecule has 436 valence electrons. The summed E-state index contributed by atoms with van der Waals surface area (Å²) in [5.41, 5.74) is 5.21. The van der Waals surface area contributed by atoms with Gasteiger partial charge in [-0.15, -0.1) is 0 Å². The maximum atomic E-state index is 13.2. The number of anilines is 3. The molecule has 1 aliphatic rings. The molecule has 3 N–H and O–H groups in total. The van der Waals surface area contributed by atoms with E-state index in [4.69, 9.17) is 0 Å². The third-order valence-corrected chi connectivity index (χ3v) is 16.4. The Morgan fingerprint density at radius 3 is 0.846 bits per heavy atom. The predicted octanol–water partition coefficient (Wildman–Crippen LogP) is 20.4. The Labute approximate surface area is 476 Å². The molecule has 9 nitrogen and oxygen atoms in total. The van der Waals surface area contributed by atoms with E-state index < -0.39 is 0 Å². The highest BCUT2D eigenvalue weighted by molar-refractivity contribution is 5.93. The molecule has 1 heterocycles. The number of benzene rings is 3. The molecule has 3 aromatic rings. The van der Waals surface area contributed by atoms with Crippen LogP contribution in [-0.2, 0) is 19.2 Å². The van der Waals surface area contributed by atoms with Gasteiger partial charge in [-0.1, -0.05) is 233 Å². The molecule has 4 amide bonds. The zero-order valence-corrected chi connectivity index (χ0v) is 50.1. The van der Waals surface area contributed by atoms with E-state index in [1.54, 1.807) is 0 Å². The second-order valence-corrected chi connectivity index (χ2v) is 23.2. The summed E-state index contributed by atoms with van der Waals surface area (Å²) in [5.74, 6) is 0.291. The van der Waals surface area contributed by atoms with Crippen LogP contribution in [0.3, 0.4) is 0 Å². The van der Waals surface area contributed by atoms with E-state index in [1.807, 2.05) is 41.3 Å². The molecule has 0 atom stereocenters. The van der Waals surface area contributed by atoms with Crippen LogP contribution >= 0.6 is 0 Å². The van der Waals surface area contributed by atoms with Crippen LogP contribution in [0, 0.1) is 0 Å². The van der Waals surface area contributed by atoms with E-state index in [9.17, 15) is 19.2 Å². The first-order chi connectivity index (χ1) is 38.3. The number of amides is 4. The molecule has 0 radical (unpaired) electrons. The van der Waals surface area contributed by atoms with Gasteiger partial charge in [0.05, 0.1) is 6.54 Å². The predicted molar refractivity (Wildman–Crippen MR) is 334 cm³/mol. The first-order valence-corrected chi connectivity index (χ1v) is 32.7. The average Bonchev–Trinajstić information content (AvgIpc) is 4.02. The van der Waals surface area contributed by atoms with E-state index in [2.05, 4.69) is 73.1 Å². The van der Waals surface area contributed by atoms with Gasteiger partial charge in [0.15, 0.2) is 0 Å². The third kappa shape index (κ3) is 27.6. The summed E-state index contributed by atoms with van der Waals surface area (Å²) in [6, 6.07) is 24.6. The molecule has 1 saturated heterocycles. The molecule has 1 aliphatic heterocycles. The minimum Gasteiger partial charge on any atom is -0.337 e. The first kappa shape index (κ1) is 66.0. The molecule has 4 rings (SSSR count). The van der Waals surface area contributed by atoms with Gasteiger partial charge < -0.3 is 20.9 Å². The number of hydrogen-bond donors (Lipinski definition) is 3. The fraction of sp³-hybridized carbons (Fsp3) is 0.681. The molecule has 0 saturated carbocycles. The van der Waals surface area contributed by atoms with Crippen molar-refractivity contribution >= 4 is 57.8 Å². The second kappa shape index (κ2) is 42.4. The van der Waals surface area contributed by atoms with Crippen molar-refractivity contribution in [2.45, 2.75) is 284 Å². The lowest BCUT2D eigenvalue weighted by Gasteiger charge is -2.38. The third-order valence-electron chi connectivity index (χ3n) is 16.4. The van der Waals surface area contributed by atoms with Crippen LogP contribution in [0.5, 0.6) is 0 Å². The Bertz CT molecular complexity index is 1810. The Hall–Kier alpha value is -4.50. The molecule has 0 spiro atoms. The number of likely N-dealkylation sites (tertiary alicyclic amines) is 1. The van der Waals surface area contributed by atoms with Crippen molar-refractivity contribution in [3.05, 3.63) is 72.8 Å². The van der Waals surface area contributed by atoms with Crippen molar-refractivity contribution < 1.29 is 19.2 Å². The summed E-state index contributed by atoms with van der Waals surface area (Å²) in [5, 5.41) is 9.51. The summed E-state index contributed by atoms with van der Waals surface area (Å²) >= 11 is 0. The van der Waals surface area contributed by atoms with Gasteiger partial charge in [0.1, 0.15) is 23.6 Å². The Morgan fingerprint density at radius 2 is 0.615 bits per heavy atom. The fourth-order valence-corrected chi connectivity index (χ4v) is 11.5. The Morgan fingerprint density at radius 1 is 0.372 bits per heavy atom. The quantitative estimate of drug-likeness (QED) is 0.0387. The van der Waals surface area contributed by atoms with Crippen LogP contribution in [0.15, 0.2) is 72.8 Å². The van der Waals surface area contributed by atoms with Crippen molar-refractivity contribution in [1.82, 2.24) is 9.38 Å². The number of nitrogens with one attached hydrogen (secondary N) is 3. The van der Waals surface area contributed by atoms with Crippen molar-refractivity contribution in [2.75, 3.05) is 35.6 Å². The van der Waals surface area contributed by atoms with Gasteiger partial charge in [0.25, 0.3) is 0 Å². The van der Waals surface area contributed by atoms with Crippen LogP contribution in [0.2, 0.25) is 0 Å². The van der Waals surface area contributed by atoms with Crippen LogP contribution in [0.4, 0.5) is 34.1 Å². The number of quaternary nitrogens is 1. The topological polar surface area (TPSA) is 108 Å². The van der Waals surface area contributed by atoms with Gasteiger partial charge in [-0.3, -0.25) is 19.2 Å². The van der Waals surface area contributed by atoms with Gasteiger partial charge in [0, 0.05) is 85.7 Å². The highest BCUT2D eigenvalue weighted by atomic mass is 16.2. The molecular weight excluding hydrogens is 963 g/mol. The summed E-state index contributed by atoms with van der Waals surface area (Å²) in [6.07, 6.45) is 48.3. The number of hydrogen-bond acceptors (Lipinski definition) is 4. The summed E-state index contributed by atoms with van der Waals surface area (Å²) in [4.78, 5) is 54.8. The monoisotopic (exact) mass is 1070 g/mol. The van der Waals surface area contributed by atoms with Gasteiger partial charge in [-0.05, 0) is 62.1 Å². The Kier molecular flexibility index (Phi) is 35.9. The first-order valence-electron chi connectivity index (χ1n) is 32.7. The van der Waals surface area contributed by atoms with E-state index in [0.717, 1.165) is 85.6 Å². The Balaban J connectivity index is 1.42. The van der Waals surface area contributed by atoms with Crippen LogP contribution in [-0.4, -0.2) is 48.2 Å². The average molecular weight is 1080 g/mol. The smallest absolute Gasteiger partial charge is 0.224 e. The molecular formula is C69H112N5O4+. The maximum Gasteiger partial charge on any atom is 0.224 e. The molecule has 78 heavy (non-hydrogen) atoms. The zero-order valence-electron chi connectivity index (χ0n) is 50.1.